The van der Waals surface area contributed by atoms with Crippen LogP contribution in [-0.4, -0.2) is 48.0 Å². The Labute approximate surface area is 147 Å². The third-order valence-corrected chi connectivity index (χ3v) is 4.98. The van der Waals surface area contributed by atoms with Crippen molar-refractivity contribution in [2.75, 3.05) is 26.2 Å². The van der Waals surface area contributed by atoms with Gasteiger partial charge < -0.3 is 16.0 Å². The summed E-state index contributed by atoms with van der Waals surface area (Å²) < 4.78 is 0. The lowest BCUT2D eigenvalue weighted by Gasteiger charge is -2.37. The largest absolute Gasteiger partial charge is 0.354 e. The van der Waals surface area contributed by atoms with E-state index in [9.17, 15) is 9.59 Å². The number of aromatic nitrogens is 2. The first kappa shape index (κ1) is 18.6. The van der Waals surface area contributed by atoms with Gasteiger partial charge in [0.25, 0.3) is 5.91 Å². The molecule has 2 fully saturated rings. The van der Waals surface area contributed by atoms with E-state index in [4.69, 9.17) is 0 Å². The van der Waals surface area contributed by atoms with Crippen molar-refractivity contribution in [3.05, 3.63) is 24.3 Å². The Morgan fingerprint density at radius 3 is 2.88 bits per heavy atom. The number of carbonyl (C=O) groups excluding carboxylic acids is 2. The molecule has 0 bridgehead atoms. The Kier molecular flexibility index (Phi) is 6.51. The molecular weight excluding hydrogens is 330 g/mol. The van der Waals surface area contributed by atoms with Crippen molar-refractivity contribution in [3.63, 3.8) is 0 Å². The maximum atomic E-state index is 12.6. The molecule has 2 heterocycles. The average molecular weight is 354 g/mol. The van der Waals surface area contributed by atoms with E-state index in [1.165, 1.54) is 25.0 Å². The molecular formula is C16H24ClN5O2. The highest BCUT2D eigenvalue weighted by Crippen LogP contribution is 2.43. The highest BCUT2D eigenvalue weighted by atomic mass is 35.5. The Hall–Kier alpha value is -1.73. The van der Waals surface area contributed by atoms with E-state index in [-0.39, 0.29) is 35.3 Å². The van der Waals surface area contributed by atoms with Crippen LogP contribution in [0.1, 0.15) is 36.2 Å². The second kappa shape index (κ2) is 8.39. The molecule has 8 heteroatoms. The van der Waals surface area contributed by atoms with Crippen molar-refractivity contribution in [1.82, 2.24) is 25.9 Å². The molecule has 0 unspecified atom stereocenters. The van der Waals surface area contributed by atoms with Gasteiger partial charge in [-0.3, -0.25) is 14.6 Å². The molecule has 2 atom stereocenters. The van der Waals surface area contributed by atoms with Crippen LogP contribution in [0.2, 0.25) is 0 Å². The summed E-state index contributed by atoms with van der Waals surface area (Å²) in [5, 5.41) is 9.10. The standard InChI is InChI=1S/C16H23N5O2.ClH/c22-14(13-10-17-5-6-19-13)20-7-8-21-15(23)16-4-2-1-3-12(16)9-18-11-16;/h5-6,10,12,18H,1-4,7-9,11H2,(H,20,22)(H,21,23);1H/t12-,16+;/m0./s1. The van der Waals surface area contributed by atoms with Gasteiger partial charge in [-0.2, -0.15) is 0 Å². The Bertz CT molecular complexity index is 571. The maximum absolute atomic E-state index is 12.6. The summed E-state index contributed by atoms with van der Waals surface area (Å²) in [7, 11) is 0. The second-order valence-corrected chi connectivity index (χ2v) is 6.33. The zero-order valence-corrected chi connectivity index (χ0v) is 14.4. The average Bonchev–Trinajstić information content (AvgIpc) is 3.04. The van der Waals surface area contributed by atoms with Crippen LogP contribution in [0.3, 0.4) is 0 Å². The molecule has 2 amide bonds. The number of rotatable bonds is 5. The lowest BCUT2D eigenvalue weighted by Crippen LogP contribution is -2.49. The van der Waals surface area contributed by atoms with Gasteiger partial charge >= 0.3 is 0 Å². The summed E-state index contributed by atoms with van der Waals surface area (Å²) in [4.78, 5) is 32.3. The minimum atomic E-state index is -0.274. The van der Waals surface area contributed by atoms with Crippen molar-refractivity contribution >= 4 is 24.2 Å². The third kappa shape index (κ3) is 3.84. The van der Waals surface area contributed by atoms with Crippen LogP contribution in [0.4, 0.5) is 0 Å². The summed E-state index contributed by atoms with van der Waals surface area (Å²) in [5.41, 5.74) is 0.0393. The minimum Gasteiger partial charge on any atom is -0.354 e. The molecule has 0 aromatic carbocycles. The molecule has 1 aliphatic carbocycles. The highest BCUT2D eigenvalue weighted by molar-refractivity contribution is 5.91. The van der Waals surface area contributed by atoms with E-state index in [2.05, 4.69) is 25.9 Å². The minimum absolute atomic E-state index is 0. The maximum Gasteiger partial charge on any atom is 0.271 e. The van der Waals surface area contributed by atoms with Gasteiger partial charge in [0.2, 0.25) is 5.91 Å². The van der Waals surface area contributed by atoms with Crippen LogP contribution in [-0.2, 0) is 4.79 Å². The van der Waals surface area contributed by atoms with Gasteiger partial charge in [0.1, 0.15) is 5.69 Å². The molecule has 1 aliphatic heterocycles. The van der Waals surface area contributed by atoms with Crippen LogP contribution >= 0.6 is 12.4 Å². The number of hydrogen-bond acceptors (Lipinski definition) is 5. The molecule has 1 saturated heterocycles. The van der Waals surface area contributed by atoms with E-state index in [1.54, 1.807) is 0 Å². The summed E-state index contributed by atoms with van der Waals surface area (Å²) in [6.45, 7) is 2.53. The molecule has 1 aromatic rings. The predicted molar refractivity (Wildman–Crippen MR) is 91.9 cm³/mol. The van der Waals surface area contributed by atoms with E-state index in [1.807, 2.05) is 0 Å². The smallest absolute Gasteiger partial charge is 0.271 e. The van der Waals surface area contributed by atoms with Crippen LogP contribution < -0.4 is 16.0 Å². The first-order valence-corrected chi connectivity index (χ1v) is 8.25. The van der Waals surface area contributed by atoms with Crippen LogP contribution in [0, 0.1) is 11.3 Å². The summed E-state index contributed by atoms with van der Waals surface area (Å²) >= 11 is 0. The van der Waals surface area contributed by atoms with Gasteiger partial charge in [-0.15, -0.1) is 12.4 Å². The number of carbonyl (C=O) groups is 2. The monoisotopic (exact) mass is 353 g/mol. The fourth-order valence-electron chi connectivity index (χ4n) is 3.73. The number of halogens is 1. The first-order chi connectivity index (χ1) is 11.2. The zero-order valence-electron chi connectivity index (χ0n) is 13.6. The van der Waals surface area contributed by atoms with Gasteiger partial charge in [0.15, 0.2) is 0 Å². The quantitative estimate of drug-likeness (QED) is 0.671. The van der Waals surface area contributed by atoms with Gasteiger partial charge in [0.05, 0.1) is 11.6 Å². The van der Waals surface area contributed by atoms with Gasteiger partial charge in [0, 0.05) is 32.0 Å². The Morgan fingerprint density at radius 2 is 2.08 bits per heavy atom. The molecule has 132 valence electrons. The van der Waals surface area contributed by atoms with Crippen LogP contribution in [0.5, 0.6) is 0 Å². The van der Waals surface area contributed by atoms with Crippen molar-refractivity contribution in [2.24, 2.45) is 11.3 Å². The first-order valence-electron chi connectivity index (χ1n) is 8.25. The molecule has 0 radical (unpaired) electrons. The normalized spacial score (nSPS) is 25.2. The topological polar surface area (TPSA) is 96.0 Å². The molecule has 2 aliphatic rings. The van der Waals surface area contributed by atoms with Gasteiger partial charge in [-0.1, -0.05) is 12.8 Å². The summed E-state index contributed by atoms with van der Waals surface area (Å²) in [5.74, 6) is 0.301. The van der Waals surface area contributed by atoms with Crippen LogP contribution in [0.25, 0.3) is 0 Å². The molecule has 7 nitrogen and oxygen atoms in total. The van der Waals surface area contributed by atoms with E-state index >= 15 is 0 Å². The number of fused-ring (bicyclic) bond motifs is 1. The predicted octanol–water partition coefficient (Wildman–Crippen LogP) is 0.524. The summed E-state index contributed by atoms with van der Waals surface area (Å²) in [6, 6.07) is 0. The second-order valence-electron chi connectivity index (χ2n) is 6.33. The van der Waals surface area contributed by atoms with E-state index in [0.717, 1.165) is 32.4 Å². The highest BCUT2D eigenvalue weighted by Gasteiger charge is 2.49. The molecule has 0 spiro atoms. The van der Waals surface area contributed by atoms with Crippen molar-refractivity contribution < 1.29 is 9.59 Å². The molecule has 3 N–H and O–H groups in total. The number of nitrogens with zero attached hydrogens (tertiary/aromatic N) is 2. The molecule has 24 heavy (non-hydrogen) atoms. The van der Waals surface area contributed by atoms with Gasteiger partial charge in [-0.25, -0.2) is 4.98 Å². The molecule has 1 saturated carbocycles. The van der Waals surface area contributed by atoms with E-state index in [0.29, 0.717) is 19.0 Å². The lowest BCUT2D eigenvalue weighted by atomic mass is 9.67. The fraction of sp³-hybridized carbons (Fsp3) is 0.625. The number of hydrogen-bond donors (Lipinski definition) is 3. The number of amides is 2. The Morgan fingerprint density at radius 1 is 1.25 bits per heavy atom. The third-order valence-electron chi connectivity index (χ3n) is 4.98. The Balaban J connectivity index is 0.00000208. The van der Waals surface area contributed by atoms with Crippen molar-refractivity contribution in [2.45, 2.75) is 25.7 Å². The SMILES string of the molecule is Cl.O=C(NCCNC(=O)[C@@]12CCCC[C@H]1CNC2)c1cnccn1. The van der Waals surface area contributed by atoms with Gasteiger partial charge in [-0.05, 0) is 25.3 Å². The zero-order chi connectivity index (χ0) is 16.1. The van der Waals surface area contributed by atoms with E-state index < -0.39 is 0 Å². The lowest BCUT2D eigenvalue weighted by molar-refractivity contribution is -0.133. The van der Waals surface area contributed by atoms with Crippen LogP contribution in [0.15, 0.2) is 18.6 Å². The molecule has 3 rings (SSSR count). The van der Waals surface area contributed by atoms with Crippen molar-refractivity contribution in [3.8, 4) is 0 Å². The molecule has 1 aromatic heterocycles. The van der Waals surface area contributed by atoms with Crippen molar-refractivity contribution in [1.29, 1.82) is 0 Å². The fourth-order valence-corrected chi connectivity index (χ4v) is 3.73. The number of nitrogens with one attached hydrogen (secondary N) is 3. The summed E-state index contributed by atoms with van der Waals surface area (Å²) in [6.07, 6.45) is 8.85.